The lowest BCUT2D eigenvalue weighted by Gasteiger charge is -2.19. The number of hydrogen-bond donors (Lipinski definition) is 0. The highest BCUT2D eigenvalue weighted by atomic mass is 16.5. The highest BCUT2D eigenvalue weighted by Crippen LogP contribution is 2.29. The van der Waals surface area contributed by atoms with Crippen molar-refractivity contribution in [1.29, 1.82) is 0 Å². The molecule has 1 aliphatic rings. The molecule has 3 heterocycles. The molecule has 5 heteroatoms. The molecule has 0 radical (unpaired) electrons. The fourth-order valence-corrected chi connectivity index (χ4v) is 3.03. The zero-order chi connectivity index (χ0) is 15.5. The second-order valence-electron chi connectivity index (χ2n) is 5.66. The predicted octanol–water partition coefficient (Wildman–Crippen LogP) is 3.06. The van der Waals surface area contributed by atoms with Gasteiger partial charge in [-0.2, -0.15) is 9.61 Å². The highest BCUT2D eigenvalue weighted by molar-refractivity contribution is 5.48. The third kappa shape index (κ3) is 2.73. The van der Waals surface area contributed by atoms with Crippen LogP contribution in [0.4, 0.5) is 0 Å². The Balaban J connectivity index is 2.06. The fourth-order valence-electron chi connectivity index (χ4n) is 3.03. The van der Waals surface area contributed by atoms with E-state index in [0.29, 0.717) is 12.5 Å². The van der Waals surface area contributed by atoms with Crippen molar-refractivity contribution in [2.75, 3.05) is 19.8 Å². The molecule has 1 saturated heterocycles. The Bertz CT molecular complexity index is 672. The molecule has 0 spiro atoms. The summed E-state index contributed by atoms with van der Waals surface area (Å²) in [5, 5.41) is 4.78. The molecule has 1 aliphatic heterocycles. The first kappa shape index (κ1) is 15.0. The molecule has 118 valence electrons. The van der Waals surface area contributed by atoms with E-state index in [4.69, 9.17) is 19.6 Å². The summed E-state index contributed by atoms with van der Waals surface area (Å²) in [4.78, 5) is 4.69. The second kappa shape index (κ2) is 6.48. The molecular formula is C17H23N3O2. The summed E-state index contributed by atoms with van der Waals surface area (Å²) < 4.78 is 13.2. The predicted molar refractivity (Wildman–Crippen MR) is 85.6 cm³/mol. The summed E-state index contributed by atoms with van der Waals surface area (Å²) in [5.74, 6) is 1.25. The van der Waals surface area contributed by atoms with E-state index >= 15 is 0 Å². The Morgan fingerprint density at radius 3 is 2.91 bits per heavy atom. The Hall–Kier alpha value is -1.88. The van der Waals surface area contributed by atoms with Crippen molar-refractivity contribution >= 4 is 5.65 Å². The van der Waals surface area contributed by atoms with E-state index in [1.165, 1.54) is 0 Å². The first-order chi connectivity index (χ1) is 10.7. The molecule has 22 heavy (non-hydrogen) atoms. The number of aryl methyl sites for hydroxylation is 1. The van der Waals surface area contributed by atoms with Crippen molar-refractivity contribution in [3.8, 4) is 5.88 Å². The summed E-state index contributed by atoms with van der Waals surface area (Å²) >= 11 is 0. The summed E-state index contributed by atoms with van der Waals surface area (Å²) in [6, 6.07) is 2.09. The summed E-state index contributed by atoms with van der Waals surface area (Å²) in [7, 11) is 0. The molecule has 0 unspecified atom stereocenters. The number of nitrogens with zero attached hydrogens (tertiary/aromatic N) is 3. The van der Waals surface area contributed by atoms with Crippen LogP contribution >= 0.6 is 0 Å². The van der Waals surface area contributed by atoms with Crippen LogP contribution < -0.4 is 4.74 Å². The van der Waals surface area contributed by atoms with E-state index < -0.39 is 0 Å². The maximum Gasteiger partial charge on any atom is 0.221 e. The minimum atomic E-state index is 0.452. The molecule has 2 aromatic heterocycles. The molecule has 0 aliphatic carbocycles. The van der Waals surface area contributed by atoms with E-state index in [1.54, 1.807) is 6.08 Å². The van der Waals surface area contributed by atoms with Gasteiger partial charge in [0.05, 0.1) is 5.69 Å². The highest BCUT2D eigenvalue weighted by Gasteiger charge is 2.21. The van der Waals surface area contributed by atoms with Crippen molar-refractivity contribution in [2.45, 2.75) is 39.0 Å². The maximum atomic E-state index is 5.89. The van der Waals surface area contributed by atoms with Gasteiger partial charge in [-0.05, 0) is 26.2 Å². The van der Waals surface area contributed by atoms with Crippen LogP contribution in [0.3, 0.4) is 0 Å². The fraction of sp³-hybridized carbons (Fsp3) is 0.529. The van der Waals surface area contributed by atoms with Gasteiger partial charge in [0.2, 0.25) is 5.88 Å². The van der Waals surface area contributed by atoms with Crippen molar-refractivity contribution < 1.29 is 9.47 Å². The van der Waals surface area contributed by atoms with E-state index in [9.17, 15) is 0 Å². The van der Waals surface area contributed by atoms with Crippen molar-refractivity contribution in [2.24, 2.45) is 0 Å². The average Bonchev–Trinajstić information content (AvgIpc) is 2.96. The summed E-state index contributed by atoms with van der Waals surface area (Å²) in [6.45, 7) is 9.96. The molecule has 2 aromatic rings. The Morgan fingerprint density at radius 1 is 1.45 bits per heavy atom. The monoisotopic (exact) mass is 301 g/mol. The number of aromatic nitrogens is 3. The van der Waals surface area contributed by atoms with Crippen LogP contribution in [0.2, 0.25) is 0 Å². The zero-order valence-corrected chi connectivity index (χ0v) is 13.3. The number of hydrogen-bond acceptors (Lipinski definition) is 4. The molecule has 1 fully saturated rings. The quantitative estimate of drug-likeness (QED) is 0.796. The smallest absolute Gasteiger partial charge is 0.221 e. The zero-order valence-electron chi connectivity index (χ0n) is 13.3. The topological polar surface area (TPSA) is 48.7 Å². The Labute approximate surface area is 131 Å². The van der Waals surface area contributed by atoms with Crippen LogP contribution in [-0.4, -0.2) is 34.4 Å². The minimum Gasteiger partial charge on any atom is -0.473 e. The van der Waals surface area contributed by atoms with Gasteiger partial charge in [0.1, 0.15) is 6.61 Å². The second-order valence-corrected chi connectivity index (χ2v) is 5.66. The van der Waals surface area contributed by atoms with Crippen molar-refractivity contribution in [3.63, 3.8) is 0 Å². The van der Waals surface area contributed by atoms with Gasteiger partial charge in [0.15, 0.2) is 5.65 Å². The average molecular weight is 301 g/mol. The molecule has 0 aromatic carbocycles. The minimum absolute atomic E-state index is 0.452. The molecule has 3 rings (SSSR count). The molecule has 0 amide bonds. The van der Waals surface area contributed by atoms with Gasteiger partial charge in [0, 0.05) is 36.5 Å². The van der Waals surface area contributed by atoms with Gasteiger partial charge >= 0.3 is 0 Å². The Kier molecular flexibility index (Phi) is 4.43. The third-order valence-electron chi connectivity index (χ3n) is 4.21. The first-order valence-corrected chi connectivity index (χ1v) is 7.95. The van der Waals surface area contributed by atoms with Crippen LogP contribution in [0.1, 0.15) is 42.6 Å². The van der Waals surface area contributed by atoms with Crippen LogP contribution in [-0.2, 0) is 11.2 Å². The molecule has 0 atom stereocenters. The van der Waals surface area contributed by atoms with Crippen LogP contribution in [0, 0.1) is 6.92 Å². The van der Waals surface area contributed by atoms with Crippen molar-refractivity contribution in [3.05, 3.63) is 35.7 Å². The van der Waals surface area contributed by atoms with Gasteiger partial charge in [-0.15, -0.1) is 0 Å². The first-order valence-electron chi connectivity index (χ1n) is 7.95. The van der Waals surface area contributed by atoms with E-state index in [1.807, 2.05) is 11.4 Å². The van der Waals surface area contributed by atoms with Gasteiger partial charge in [-0.3, -0.25) is 0 Å². The number of fused-ring (bicyclic) bond motifs is 1. The van der Waals surface area contributed by atoms with Gasteiger partial charge in [-0.25, -0.2) is 4.98 Å². The van der Waals surface area contributed by atoms with E-state index in [-0.39, 0.29) is 0 Å². The van der Waals surface area contributed by atoms with Crippen LogP contribution in [0.15, 0.2) is 18.7 Å². The summed E-state index contributed by atoms with van der Waals surface area (Å²) in [6.07, 6.45) is 4.66. The number of ether oxygens (including phenoxy) is 2. The van der Waals surface area contributed by atoms with Gasteiger partial charge in [0.25, 0.3) is 0 Å². The lowest BCUT2D eigenvalue weighted by atomic mass is 9.97. The molecule has 0 saturated carbocycles. The third-order valence-corrected chi connectivity index (χ3v) is 4.21. The lowest BCUT2D eigenvalue weighted by molar-refractivity contribution is 0.0844. The van der Waals surface area contributed by atoms with Crippen molar-refractivity contribution in [1.82, 2.24) is 14.6 Å². The maximum absolute atomic E-state index is 5.89. The largest absolute Gasteiger partial charge is 0.473 e. The number of rotatable bonds is 5. The molecule has 0 bridgehead atoms. The van der Waals surface area contributed by atoms with E-state index in [0.717, 1.165) is 61.0 Å². The Morgan fingerprint density at radius 2 is 2.23 bits per heavy atom. The van der Waals surface area contributed by atoms with Gasteiger partial charge in [-0.1, -0.05) is 19.6 Å². The normalized spacial score (nSPS) is 16.1. The standard InChI is InChI=1S/C17H23N3O2/c1-4-8-22-17-14(5-2)12(3)18-16-11-15(19-20(16)17)13-6-9-21-10-7-13/h4,11,13H,1,5-10H2,2-3H3. The van der Waals surface area contributed by atoms with Crippen LogP contribution in [0.25, 0.3) is 5.65 Å². The van der Waals surface area contributed by atoms with Crippen LogP contribution in [0.5, 0.6) is 5.88 Å². The molecule has 0 N–H and O–H groups in total. The lowest BCUT2D eigenvalue weighted by Crippen LogP contribution is -2.14. The van der Waals surface area contributed by atoms with Gasteiger partial charge < -0.3 is 9.47 Å². The summed E-state index contributed by atoms with van der Waals surface area (Å²) in [5.41, 5.74) is 4.06. The SMILES string of the molecule is C=CCOc1c(CC)c(C)nc2cc(C3CCOCC3)nn12. The molecular weight excluding hydrogens is 278 g/mol. The van der Waals surface area contributed by atoms with E-state index in [2.05, 4.69) is 19.6 Å². The molecule has 5 nitrogen and oxygen atoms in total.